The van der Waals surface area contributed by atoms with Crippen LogP contribution in [0.25, 0.3) is 22.1 Å². The number of H-pyrrole nitrogens is 1. The summed E-state index contributed by atoms with van der Waals surface area (Å²) in [5, 5.41) is 4.98. The van der Waals surface area contributed by atoms with Crippen molar-refractivity contribution in [2.75, 3.05) is 5.73 Å². The number of nitrogen functional groups attached to an aromatic ring is 1. The van der Waals surface area contributed by atoms with Gasteiger partial charge in [-0.05, 0) is 29.8 Å². The molecule has 5 rings (SSSR count). The highest BCUT2D eigenvalue weighted by molar-refractivity contribution is 6.31. The smallest absolute Gasteiger partial charge is 0.165 e. The molecular weight excluding hydrogens is 452 g/mol. The molecule has 0 aliphatic carbocycles. The van der Waals surface area contributed by atoms with Crippen LogP contribution < -0.4 is 11.1 Å². The molecule has 3 heterocycles. The Morgan fingerprint density at radius 3 is 2.81 bits per heavy atom. The largest absolute Gasteiger partial charge is 0.382 e. The van der Waals surface area contributed by atoms with Crippen LogP contribution in [0.1, 0.15) is 16.8 Å². The van der Waals surface area contributed by atoms with Crippen LogP contribution in [0.4, 0.5) is 10.2 Å². The maximum absolute atomic E-state index is 14.1. The first-order chi connectivity index (χ1) is 15.5. The fourth-order valence-corrected chi connectivity index (χ4v) is 4.22. The molecule has 162 valence electrons. The Balaban J connectivity index is 1.40. The van der Waals surface area contributed by atoms with Gasteiger partial charge in [0.2, 0.25) is 0 Å². The van der Waals surface area contributed by atoms with Crippen LogP contribution in [-0.4, -0.2) is 24.5 Å². The van der Waals surface area contributed by atoms with Crippen LogP contribution in [0.2, 0.25) is 10.0 Å². The van der Waals surface area contributed by atoms with Crippen LogP contribution in [0.3, 0.4) is 0 Å². The van der Waals surface area contributed by atoms with Gasteiger partial charge in [0, 0.05) is 34.8 Å². The molecule has 0 radical (unpaired) electrons. The summed E-state index contributed by atoms with van der Waals surface area (Å²) in [6.07, 6.45) is 3.11. The van der Waals surface area contributed by atoms with Crippen molar-refractivity contribution < 1.29 is 4.39 Å². The van der Waals surface area contributed by atoms with Crippen LogP contribution in [-0.2, 0) is 19.6 Å². The molecule has 0 atom stereocenters. The third-order valence-electron chi connectivity index (χ3n) is 5.26. The number of aromatic amines is 1. The predicted molar refractivity (Wildman–Crippen MR) is 124 cm³/mol. The highest BCUT2D eigenvalue weighted by Gasteiger charge is 2.13. The molecule has 0 saturated heterocycles. The molecule has 0 saturated carbocycles. The van der Waals surface area contributed by atoms with Gasteiger partial charge in [0.05, 0.1) is 23.4 Å². The van der Waals surface area contributed by atoms with E-state index in [1.165, 1.54) is 12.4 Å². The molecule has 2 aromatic carbocycles. The second-order valence-corrected chi connectivity index (χ2v) is 8.29. The Morgan fingerprint density at radius 2 is 1.94 bits per heavy atom. The van der Waals surface area contributed by atoms with Crippen molar-refractivity contribution in [2.45, 2.75) is 19.6 Å². The lowest BCUT2D eigenvalue weighted by molar-refractivity contribution is 0.587. The zero-order valence-corrected chi connectivity index (χ0v) is 18.3. The third-order valence-corrected chi connectivity index (χ3v) is 5.77. The summed E-state index contributed by atoms with van der Waals surface area (Å²) in [6.45, 7) is 1.39. The minimum absolute atomic E-state index is 0.119. The summed E-state index contributed by atoms with van der Waals surface area (Å²) in [4.78, 5) is 16.1. The fraction of sp³-hybridized carbons (Fsp3) is 0.136. The third kappa shape index (κ3) is 3.88. The molecule has 0 spiro atoms. The number of halogens is 3. The summed E-state index contributed by atoms with van der Waals surface area (Å²) >= 11 is 12.2. The number of nitrogens with one attached hydrogen (secondary N) is 2. The number of rotatable bonds is 6. The minimum atomic E-state index is -0.399. The van der Waals surface area contributed by atoms with Crippen molar-refractivity contribution in [3.8, 4) is 0 Å². The number of nitrogens with two attached hydrogens (primary N) is 1. The number of aromatic nitrogens is 5. The first kappa shape index (κ1) is 20.7. The average molecular weight is 470 g/mol. The topological polar surface area (TPSA) is 97.4 Å². The molecule has 32 heavy (non-hydrogen) atoms. The second-order valence-electron chi connectivity index (χ2n) is 7.44. The van der Waals surface area contributed by atoms with Gasteiger partial charge in [0.1, 0.15) is 17.7 Å². The number of hydrogen-bond acceptors (Lipinski definition) is 5. The van der Waals surface area contributed by atoms with E-state index in [4.69, 9.17) is 28.9 Å². The van der Waals surface area contributed by atoms with Crippen molar-refractivity contribution in [1.82, 2.24) is 29.8 Å². The van der Waals surface area contributed by atoms with Crippen molar-refractivity contribution in [3.63, 3.8) is 0 Å². The molecule has 0 amide bonds. The maximum Gasteiger partial charge on any atom is 0.165 e. The zero-order chi connectivity index (χ0) is 22.2. The van der Waals surface area contributed by atoms with Crippen molar-refractivity contribution >= 4 is 51.1 Å². The molecule has 3 aromatic heterocycles. The van der Waals surface area contributed by atoms with E-state index in [0.717, 1.165) is 22.2 Å². The van der Waals surface area contributed by atoms with Crippen LogP contribution >= 0.6 is 23.2 Å². The van der Waals surface area contributed by atoms with Gasteiger partial charge in [0.25, 0.3) is 0 Å². The SMILES string of the molecule is Nc1ncnc2c1ncn2Cc1cc(Cl)cc2cc(CNCc3cccc(Cl)c3F)[nH]c12. The van der Waals surface area contributed by atoms with E-state index in [9.17, 15) is 4.39 Å². The van der Waals surface area contributed by atoms with Gasteiger partial charge in [-0.15, -0.1) is 0 Å². The van der Waals surface area contributed by atoms with Crippen molar-refractivity contribution in [2.24, 2.45) is 0 Å². The first-order valence-corrected chi connectivity index (χ1v) is 10.6. The molecule has 5 aromatic rings. The van der Waals surface area contributed by atoms with Crippen molar-refractivity contribution in [1.29, 1.82) is 0 Å². The Hall–Kier alpha value is -3.20. The van der Waals surface area contributed by atoms with Crippen LogP contribution in [0.5, 0.6) is 0 Å². The molecule has 0 aliphatic rings. The molecular formula is C22H18Cl2FN7. The lowest BCUT2D eigenvalue weighted by Gasteiger charge is -2.07. The molecule has 4 N–H and O–H groups in total. The molecule has 7 nitrogen and oxygen atoms in total. The molecule has 0 fully saturated rings. The molecule has 0 aliphatic heterocycles. The van der Waals surface area contributed by atoms with Gasteiger partial charge in [0.15, 0.2) is 11.5 Å². The predicted octanol–water partition coefficient (Wildman–Crippen LogP) is 4.67. The number of imidazole rings is 1. The van der Waals surface area contributed by atoms with E-state index in [1.54, 1.807) is 18.5 Å². The number of hydrogen-bond donors (Lipinski definition) is 3. The quantitative estimate of drug-likeness (QED) is 0.335. The maximum atomic E-state index is 14.1. The number of nitrogens with zero attached hydrogens (tertiary/aromatic N) is 4. The Kier molecular flexibility index (Phi) is 5.42. The van der Waals surface area contributed by atoms with E-state index in [1.807, 2.05) is 22.8 Å². The molecule has 0 bridgehead atoms. The summed E-state index contributed by atoms with van der Waals surface area (Å²) in [6, 6.07) is 10.8. The summed E-state index contributed by atoms with van der Waals surface area (Å²) < 4.78 is 16.0. The van der Waals surface area contributed by atoms with Gasteiger partial charge in [-0.25, -0.2) is 19.3 Å². The summed E-state index contributed by atoms with van der Waals surface area (Å²) in [5.41, 5.74) is 10.5. The van der Waals surface area contributed by atoms with Gasteiger partial charge in [-0.1, -0.05) is 35.3 Å². The Morgan fingerprint density at radius 1 is 1.06 bits per heavy atom. The summed E-state index contributed by atoms with van der Waals surface area (Å²) in [5.74, 6) is -0.0567. The normalized spacial score (nSPS) is 11.6. The zero-order valence-electron chi connectivity index (χ0n) is 16.7. The first-order valence-electron chi connectivity index (χ1n) is 9.84. The lowest BCUT2D eigenvalue weighted by atomic mass is 10.1. The molecule has 0 unspecified atom stereocenters. The summed E-state index contributed by atoms with van der Waals surface area (Å²) in [7, 11) is 0. The van der Waals surface area contributed by atoms with Gasteiger partial charge in [-0.3, -0.25) is 0 Å². The second kappa shape index (κ2) is 8.38. The highest BCUT2D eigenvalue weighted by atomic mass is 35.5. The van der Waals surface area contributed by atoms with Crippen molar-refractivity contribution in [3.05, 3.63) is 81.7 Å². The van der Waals surface area contributed by atoms with Gasteiger partial charge < -0.3 is 20.6 Å². The number of fused-ring (bicyclic) bond motifs is 2. The monoisotopic (exact) mass is 469 g/mol. The van der Waals surface area contributed by atoms with E-state index in [0.29, 0.717) is 47.2 Å². The van der Waals surface area contributed by atoms with Crippen LogP contribution in [0, 0.1) is 5.82 Å². The lowest BCUT2D eigenvalue weighted by Crippen LogP contribution is -2.14. The van der Waals surface area contributed by atoms with E-state index >= 15 is 0 Å². The fourth-order valence-electron chi connectivity index (χ4n) is 3.77. The number of anilines is 1. The average Bonchev–Trinajstić information content (AvgIpc) is 3.36. The van der Waals surface area contributed by atoms with E-state index in [2.05, 4.69) is 25.3 Å². The van der Waals surface area contributed by atoms with Gasteiger partial charge in [-0.2, -0.15) is 0 Å². The highest BCUT2D eigenvalue weighted by Crippen LogP contribution is 2.27. The Labute approximate surface area is 192 Å². The van der Waals surface area contributed by atoms with E-state index < -0.39 is 5.82 Å². The van der Waals surface area contributed by atoms with Crippen LogP contribution in [0.15, 0.2) is 49.1 Å². The molecule has 10 heteroatoms. The number of benzene rings is 2. The van der Waals surface area contributed by atoms with Gasteiger partial charge >= 0.3 is 0 Å². The Bertz CT molecular complexity index is 1440. The minimum Gasteiger partial charge on any atom is -0.382 e. The standard InChI is InChI=1S/C22H18Cl2FN7/c23-15-4-13-6-16(8-27-7-12-2-1-3-17(24)18(12)25)31-19(13)14(5-15)9-32-11-30-20-21(26)28-10-29-22(20)32/h1-6,10-11,27,31H,7-9H2,(H2,26,28,29). The van der Waals surface area contributed by atoms with E-state index in [-0.39, 0.29) is 5.02 Å².